The molecule has 24 heavy (non-hydrogen) atoms. The third-order valence-electron chi connectivity index (χ3n) is 3.04. The van der Waals surface area contributed by atoms with Gasteiger partial charge in [-0.05, 0) is 35.9 Å². The molecule has 0 aliphatic carbocycles. The second kappa shape index (κ2) is 6.35. The number of pyridine rings is 1. The number of nitriles is 1. The molecular formula is C16H8F6N2. The standard InChI is InChI=1S/C16H8F6N2/c17-15(18,19)12-3-1-10(2-4-12)7-11(8-23)14-6-5-13(9-24-14)16(20,21)22/h1-7,9H/b11-7+. The van der Waals surface area contributed by atoms with Gasteiger partial charge in [-0.1, -0.05) is 12.1 Å². The molecule has 0 aliphatic heterocycles. The normalized spacial score (nSPS) is 12.8. The molecule has 0 saturated heterocycles. The Labute approximate surface area is 132 Å². The van der Waals surface area contributed by atoms with Crippen molar-refractivity contribution < 1.29 is 26.3 Å². The van der Waals surface area contributed by atoms with Gasteiger partial charge in [0, 0.05) is 6.20 Å². The fraction of sp³-hybridized carbons (Fsp3) is 0.125. The fourth-order valence-corrected chi connectivity index (χ4v) is 1.82. The quantitative estimate of drug-likeness (QED) is 0.557. The Morgan fingerprint density at radius 2 is 1.42 bits per heavy atom. The van der Waals surface area contributed by atoms with Gasteiger partial charge in [0.2, 0.25) is 0 Å². The van der Waals surface area contributed by atoms with Gasteiger partial charge >= 0.3 is 12.4 Å². The zero-order valence-corrected chi connectivity index (χ0v) is 11.8. The summed E-state index contributed by atoms with van der Waals surface area (Å²) in [6, 6.07) is 7.58. The summed E-state index contributed by atoms with van der Waals surface area (Å²) < 4.78 is 74.8. The van der Waals surface area contributed by atoms with Gasteiger partial charge in [0.15, 0.2) is 0 Å². The third kappa shape index (κ3) is 4.13. The lowest BCUT2D eigenvalue weighted by Crippen LogP contribution is -2.05. The summed E-state index contributed by atoms with van der Waals surface area (Å²) in [7, 11) is 0. The number of rotatable bonds is 2. The number of halogens is 6. The van der Waals surface area contributed by atoms with E-state index in [-0.39, 0.29) is 11.3 Å². The maximum absolute atomic E-state index is 12.5. The summed E-state index contributed by atoms with van der Waals surface area (Å²) in [5.41, 5.74) is -1.58. The van der Waals surface area contributed by atoms with E-state index >= 15 is 0 Å². The SMILES string of the molecule is N#C/C(=C\c1ccc(C(F)(F)F)cc1)c1ccc(C(F)(F)F)cn1. The summed E-state index contributed by atoms with van der Waals surface area (Å²) in [6.07, 6.45) is -7.19. The van der Waals surface area contributed by atoms with Crippen molar-refractivity contribution >= 4 is 11.6 Å². The smallest absolute Gasteiger partial charge is 0.255 e. The van der Waals surface area contributed by atoms with E-state index in [1.54, 1.807) is 6.07 Å². The average molecular weight is 342 g/mol. The number of nitrogens with zero attached hydrogens (tertiary/aromatic N) is 2. The molecule has 2 rings (SSSR count). The summed E-state index contributed by atoms with van der Waals surface area (Å²) >= 11 is 0. The van der Waals surface area contributed by atoms with Crippen molar-refractivity contribution in [2.24, 2.45) is 0 Å². The van der Waals surface area contributed by atoms with Crippen LogP contribution in [0.2, 0.25) is 0 Å². The summed E-state index contributed by atoms with van der Waals surface area (Å²) in [6.45, 7) is 0. The van der Waals surface area contributed by atoms with Gasteiger partial charge in [-0.3, -0.25) is 4.98 Å². The van der Waals surface area contributed by atoms with Crippen LogP contribution >= 0.6 is 0 Å². The Kier molecular flexibility index (Phi) is 4.64. The second-order valence-electron chi connectivity index (χ2n) is 4.72. The van der Waals surface area contributed by atoms with Crippen LogP contribution in [0.4, 0.5) is 26.3 Å². The van der Waals surface area contributed by atoms with Crippen LogP contribution in [0, 0.1) is 11.3 Å². The van der Waals surface area contributed by atoms with Gasteiger partial charge < -0.3 is 0 Å². The Hall–Kier alpha value is -2.82. The largest absolute Gasteiger partial charge is 0.417 e. The Balaban J connectivity index is 2.31. The molecule has 0 atom stereocenters. The van der Waals surface area contributed by atoms with Crippen molar-refractivity contribution in [2.45, 2.75) is 12.4 Å². The van der Waals surface area contributed by atoms with Crippen molar-refractivity contribution in [1.29, 1.82) is 5.26 Å². The lowest BCUT2D eigenvalue weighted by Gasteiger charge is -2.07. The molecule has 0 unspecified atom stereocenters. The Morgan fingerprint density at radius 1 is 0.875 bits per heavy atom. The number of alkyl halides is 6. The molecule has 2 nitrogen and oxygen atoms in total. The fourth-order valence-electron chi connectivity index (χ4n) is 1.82. The van der Waals surface area contributed by atoms with Gasteiger partial charge in [0.05, 0.1) is 22.4 Å². The number of aromatic nitrogens is 1. The topological polar surface area (TPSA) is 36.7 Å². The van der Waals surface area contributed by atoms with E-state index in [2.05, 4.69) is 4.98 Å². The first-order valence-corrected chi connectivity index (χ1v) is 6.44. The molecule has 0 spiro atoms. The van der Waals surface area contributed by atoms with Gasteiger partial charge in [-0.15, -0.1) is 0 Å². The van der Waals surface area contributed by atoms with E-state index in [4.69, 9.17) is 5.26 Å². The molecule has 0 bridgehead atoms. The highest BCUT2D eigenvalue weighted by atomic mass is 19.4. The van der Waals surface area contributed by atoms with Crippen molar-refractivity contribution in [2.75, 3.05) is 0 Å². The van der Waals surface area contributed by atoms with Crippen LogP contribution in [0.1, 0.15) is 22.4 Å². The highest BCUT2D eigenvalue weighted by molar-refractivity contribution is 5.88. The first-order chi connectivity index (χ1) is 11.1. The molecule has 0 saturated carbocycles. The minimum atomic E-state index is -4.55. The van der Waals surface area contributed by atoms with Crippen LogP contribution in [0.5, 0.6) is 0 Å². The zero-order valence-electron chi connectivity index (χ0n) is 11.8. The molecule has 1 aromatic carbocycles. The van der Waals surface area contributed by atoms with Crippen molar-refractivity contribution in [3.8, 4) is 6.07 Å². The van der Waals surface area contributed by atoms with Crippen LogP contribution in [-0.2, 0) is 12.4 Å². The van der Waals surface area contributed by atoms with E-state index in [1.807, 2.05) is 0 Å². The van der Waals surface area contributed by atoms with E-state index in [9.17, 15) is 26.3 Å². The third-order valence-corrected chi connectivity index (χ3v) is 3.04. The number of allylic oxidation sites excluding steroid dienone is 1. The lowest BCUT2D eigenvalue weighted by atomic mass is 10.1. The van der Waals surface area contributed by atoms with Crippen molar-refractivity contribution in [3.63, 3.8) is 0 Å². The van der Waals surface area contributed by atoms with Crippen molar-refractivity contribution in [1.82, 2.24) is 4.98 Å². The molecule has 1 aromatic heterocycles. The second-order valence-corrected chi connectivity index (χ2v) is 4.72. The lowest BCUT2D eigenvalue weighted by molar-refractivity contribution is -0.138. The molecule has 0 aliphatic rings. The Morgan fingerprint density at radius 3 is 1.83 bits per heavy atom. The van der Waals surface area contributed by atoms with Gasteiger partial charge in [-0.2, -0.15) is 31.6 Å². The molecule has 0 fully saturated rings. The highest BCUT2D eigenvalue weighted by Crippen LogP contribution is 2.30. The predicted octanol–water partition coefficient (Wildman–Crippen LogP) is 5.18. The van der Waals surface area contributed by atoms with Gasteiger partial charge in [0.1, 0.15) is 6.07 Å². The van der Waals surface area contributed by atoms with Crippen LogP contribution in [-0.4, -0.2) is 4.98 Å². The van der Waals surface area contributed by atoms with Crippen LogP contribution in [0.15, 0.2) is 42.6 Å². The van der Waals surface area contributed by atoms with Crippen LogP contribution in [0.25, 0.3) is 11.6 Å². The minimum Gasteiger partial charge on any atom is -0.255 e. The first kappa shape index (κ1) is 17.5. The van der Waals surface area contributed by atoms with E-state index < -0.39 is 23.5 Å². The van der Waals surface area contributed by atoms with Crippen molar-refractivity contribution in [3.05, 3.63) is 65.0 Å². The minimum absolute atomic E-state index is 0.00889. The molecular weight excluding hydrogens is 334 g/mol. The first-order valence-electron chi connectivity index (χ1n) is 6.44. The molecule has 8 heteroatoms. The summed E-state index contributed by atoms with van der Waals surface area (Å²) in [5.74, 6) is 0. The van der Waals surface area contributed by atoms with Crippen LogP contribution < -0.4 is 0 Å². The maximum Gasteiger partial charge on any atom is 0.417 e. The van der Waals surface area contributed by atoms with Gasteiger partial charge in [0.25, 0.3) is 0 Å². The molecule has 124 valence electrons. The van der Waals surface area contributed by atoms with Crippen LogP contribution in [0.3, 0.4) is 0 Å². The Bertz CT molecular complexity index is 778. The molecule has 0 amide bonds. The number of benzene rings is 1. The molecule has 0 N–H and O–H groups in total. The van der Waals surface area contributed by atoms with E-state index in [0.717, 1.165) is 36.4 Å². The summed E-state index contributed by atoms with van der Waals surface area (Å²) in [5, 5.41) is 9.09. The summed E-state index contributed by atoms with van der Waals surface area (Å²) in [4.78, 5) is 3.58. The predicted molar refractivity (Wildman–Crippen MR) is 74.2 cm³/mol. The average Bonchev–Trinajstić information content (AvgIpc) is 2.51. The highest BCUT2D eigenvalue weighted by Gasteiger charge is 2.31. The molecule has 0 radical (unpaired) electrons. The monoisotopic (exact) mass is 342 g/mol. The van der Waals surface area contributed by atoms with E-state index in [0.29, 0.717) is 11.8 Å². The molecule has 1 heterocycles. The molecule has 2 aromatic rings. The number of hydrogen-bond acceptors (Lipinski definition) is 2. The van der Waals surface area contributed by atoms with Gasteiger partial charge in [-0.25, -0.2) is 0 Å². The number of hydrogen-bond donors (Lipinski definition) is 0. The zero-order chi connectivity index (χ0) is 18.0. The van der Waals surface area contributed by atoms with E-state index in [1.165, 1.54) is 6.08 Å². The maximum atomic E-state index is 12.5.